The van der Waals surface area contributed by atoms with Crippen LogP contribution in [0.1, 0.15) is 23.2 Å². The monoisotopic (exact) mass is 364 g/mol. The van der Waals surface area contributed by atoms with Crippen LogP contribution in [0.2, 0.25) is 0 Å². The van der Waals surface area contributed by atoms with E-state index in [4.69, 9.17) is 0 Å². The Bertz CT molecular complexity index is 1040. The second-order valence-corrected chi connectivity index (χ2v) is 6.66. The van der Waals surface area contributed by atoms with Crippen molar-refractivity contribution in [1.82, 2.24) is 14.5 Å². The van der Waals surface area contributed by atoms with E-state index in [0.29, 0.717) is 22.3 Å². The van der Waals surface area contributed by atoms with Gasteiger partial charge >= 0.3 is 5.69 Å². The Morgan fingerprint density at radius 1 is 1.00 bits per heavy atom. The van der Waals surface area contributed by atoms with E-state index in [1.54, 1.807) is 36.4 Å². The normalized spacial score (nSPS) is 13.9. The minimum atomic E-state index is -0.321. The zero-order valence-corrected chi connectivity index (χ0v) is 14.8. The third-order valence-electron chi connectivity index (χ3n) is 4.79. The molecule has 0 bridgehead atoms. The summed E-state index contributed by atoms with van der Waals surface area (Å²) in [5, 5.41) is 2.77. The van der Waals surface area contributed by atoms with Gasteiger partial charge in [-0.25, -0.2) is 4.79 Å². The maximum atomic E-state index is 12.4. The molecule has 2 amide bonds. The molecular formula is C20H20N4O3. The average molecular weight is 364 g/mol. The van der Waals surface area contributed by atoms with Gasteiger partial charge in [-0.3, -0.25) is 14.2 Å². The van der Waals surface area contributed by atoms with Gasteiger partial charge in [0, 0.05) is 24.3 Å². The summed E-state index contributed by atoms with van der Waals surface area (Å²) >= 11 is 0. The third-order valence-corrected chi connectivity index (χ3v) is 4.79. The molecule has 0 aliphatic carbocycles. The molecule has 4 rings (SSSR count). The molecule has 2 heterocycles. The lowest BCUT2D eigenvalue weighted by atomic mass is 10.2. The number of benzene rings is 2. The number of nitrogens with zero attached hydrogens (tertiary/aromatic N) is 2. The smallest absolute Gasteiger partial charge is 0.326 e. The van der Waals surface area contributed by atoms with Crippen LogP contribution in [0.4, 0.5) is 5.69 Å². The van der Waals surface area contributed by atoms with E-state index >= 15 is 0 Å². The van der Waals surface area contributed by atoms with Gasteiger partial charge in [0.15, 0.2) is 0 Å². The molecule has 138 valence electrons. The van der Waals surface area contributed by atoms with Gasteiger partial charge in [0.2, 0.25) is 5.91 Å². The SMILES string of the molecule is O=C(Cn1c(=O)[nH]c2ccccc21)Nc1ccc(C(=O)N2CCCC2)cc1. The first-order chi connectivity index (χ1) is 13.1. The summed E-state index contributed by atoms with van der Waals surface area (Å²) in [6, 6.07) is 14.1. The molecule has 2 aromatic carbocycles. The van der Waals surface area contributed by atoms with Crippen LogP contribution in [0.3, 0.4) is 0 Å². The zero-order chi connectivity index (χ0) is 18.8. The minimum Gasteiger partial charge on any atom is -0.339 e. The molecule has 1 aliphatic rings. The van der Waals surface area contributed by atoms with Gasteiger partial charge in [0.05, 0.1) is 11.0 Å². The number of hydrogen-bond acceptors (Lipinski definition) is 3. The van der Waals surface area contributed by atoms with E-state index in [2.05, 4.69) is 10.3 Å². The van der Waals surface area contributed by atoms with Crippen LogP contribution in [0.15, 0.2) is 53.3 Å². The first-order valence-corrected chi connectivity index (χ1v) is 8.98. The number of rotatable bonds is 4. The number of amides is 2. The average Bonchev–Trinajstić information content (AvgIpc) is 3.31. The van der Waals surface area contributed by atoms with Crippen LogP contribution in [0.25, 0.3) is 11.0 Å². The summed E-state index contributed by atoms with van der Waals surface area (Å²) in [5.74, 6) is -0.281. The number of H-pyrrole nitrogens is 1. The molecule has 2 N–H and O–H groups in total. The van der Waals surface area contributed by atoms with E-state index in [1.807, 2.05) is 17.0 Å². The molecule has 7 heteroatoms. The lowest BCUT2D eigenvalue weighted by Gasteiger charge is -2.15. The maximum Gasteiger partial charge on any atom is 0.326 e. The number of anilines is 1. The Morgan fingerprint density at radius 2 is 1.70 bits per heavy atom. The standard InChI is InChI=1S/C20H20N4O3/c25-18(13-24-17-6-2-1-5-16(17)22-20(24)27)21-15-9-7-14(8-10-15)19(26)23-11-3-4-12-23/h1-2,5-10H,3-4,11-13H2,(H,21,25)(H,22,27). The number of carbonyl (C=O) groups excluding carboxylic acids is 2. The molecule has 1 saturated heterocycles. The molecule has 1 aromatic heterocycles. The van der Waals surface area contributed by atoms with Gasteiger partial charge in [-0.05, 0) is 49.2 Å². The van der Waals surface area contributed by atoms with Crippen molar-refractivity contribution >= 4 is 28.5 Å². The molecule has 0 unspecified atom stereocenters. The van der Waals surface area contributed by atoms with Crippen molar-refractivity contribution in [2.75, 3.05) is 18.4 Å². The summed E-state index contributed by atoms with van der Waals surface area (Å²) < 4.78 is 1.40. The number of aromatic nitrogens is 2. The third kappa shape index (κ3) is 3.48. The lowest BCUT2D eigenvalue weighted by molar-refractivity contribution is -0.116. The number of carbonyl (C=O) groups is 2. The zero-order valence-electron chi connectivity index (χ0n) is 14.8. The van der Waals surface area contributed by atoms with E-state index < -0.39 is 0 Å². The molecule has 0 saturated carbocycles. The van der Waals surface area contributed by atoms with Crippen molar-refractivity contribution in [2.24, 2.45) is 0 Å². The van der Waals surface area contributed by atoms with Crippen molar-refractivity contribution in [3.8, 4) is 0 Å². The van der Waals surface area contributed by atoms with Crippen molar-refractivity contribution in [3.05, 3.63) is 64.6 Å². The maximum absolute atomic E-state index is 12.4. The summed E-state index contributed by atoms with van der Waals surface area (Å²) in [5.41, 5.74) is 2.26. The summed E-state index contributed by atoms with van der Waals surface area (Å²) in [4.78, 5) is 41.3. The van der Waals surface area contributed by atoms with Gasteiger partial charge in [0.25, 0.3) is 5.91 Å². The number of nitrogens with one attached hydrogen (secondary N) is 2. The van der Waals surface area contributed by atoms with Crippen LogP contribution in [0, 0.1) is 0 Å². The Hall–Kier alpha value is -3.35. The number of fused-ring (bicyclic) bond motifs is 1. The molecule has 1 aliphatic heterocycles. The number of aromatic amines is 1. The van der Waals surface area contributed by atoms with E-state index in [0.717, 1.165) is 25.9 Å². The number of hydrogen-bond donors (Lipinski definition) is 2. The Balaban J connectivity index is 1.44. The first-order valence-electron chi connectivity index (χ1n) is 8.98. The first kappa shape index (κ1) is 17.1. The molecule has 27 heavy (non-hydrogen) atoms. The van der Waals surface area contributed by atoms with Gasteiger partial charge in [-0.1, -0.05) is 12.1 Å². The molecule has 0 atom stereocenters. The fourth-order valence-corrected chi connectivity index (χ4v) is 3.41. The summed E-state index contributed by atoms with van der Waals surface area (Å²) in [7, 11) is 0. The molecule has 3 aromatic rings. The quantitative estimate of drug-likeness (QED) is 0.744. The highest BCUT2D eigenvalue weighted by Crippen LogP contribution is 2.16. The van der Waals surface area contributed by atoms with E-state index in [9.17, 15) is 14.4 Å². The van der Waals surface area contributed by atoms with Crippen LogP contribution >= 0.6 is 0 Å². The lowest BCUT2D eigenvalue weighted by Crippen LogP contribution is -2.27. The molecular weight excluding hydrogens is 344 g/mol. The largest absolute Gasteiger partial charge is 0.339 e. The topological polar surface area (TPSA) is 87.2 Å². The predicted molar refractivity (Wildman–Crippen MR) is 103 cm³/mol. The predicted octanol–water partition coefficient (Wildman–Crippen LogP) is 2.20. The van der Waals surface area contributed by atoms with Crippen molar-refractivity contribution in [2.45, 2.75) is 19.4 Å². The van der Waals surface area contributed by atoms with Gasteiger partial charge in [0.1, 0.15) is 6.54 Å². The van der Waals surface area contributed by atoms with Crippen LogP contribution in [-0.4, -0.2) is 39.4 Å². The van der Waals surface area contributed by atoms with Crippen molar-refractivity contribution < 1.29 is 9.59 Å². The van der Waals surface area contributed by atoms with Gasteiger partial charge in [-0.2, -0.15) is 0 Å². The number of likely N-dealkylation sites (tertiary alicyclic amines) is 1. The summed E-state index contributed by atoms with van der Waals surface area (Å²) in [6.07, 6.45) is 2.10. The van der Waals surface area contributed by atoms with Crippen LogP contribution in [0.5, 0.6) is 0 Å². The second kappa shape index (κ2) is 7.11. The number of para-hydroxylation sites is 2. The van der Waals surface area contributed by atoms with Crippen molar-refractivity contribution in [3.63, 3.8) is 0 Å². The highest BCUT2D eigenvalue weighted by Gasteiger charge is 2.19. The molecule has 7 nitrogen and oxygen atoms in total. The van der Waals surface area contributed by atoms with Crippen molar-refractivity contribution in [1.29, 1.82) is 0 Å². The molecule has 1 fully saturated rings. The van der Waals surface area contributed by atoms with E-state index in [1.165, 1.54) is 4.57 Å². The Morgan fingerprint density at radius 3 is 2.44 bits per heavy atom. The molecule has 0 radical (unpaired) electrons. The molecule has 0 spiro atoms. The Kier molecular flexibility index (Phi) is 4.50. The van der Waals surface area contributed by atoms with Crippen LogP contribution in [-0.2, 0) is 11.3 Å². The minimum absolute atomic E-state index is 0.0238. The fraction of sp³-hybridized carbons (Fsp3) is 0.250. The van der Waals surface area contributed by atoms with Gasteiger partial charge < -0.3 is 15.2 Å². The summed E-state index contributed by atoms with van der Waals surface area (Å²) in [6.45, 7) is 1.52. The van der Waals surface area contributed by atoms with Crippen LogP contribution < -0.4 is 11.0 Å². The highest BCUT2D eigenvalue weighted by molar-refractivity contribution is 5.96. The van der Waals surface area contributed by atoms with E-state index in [-0.39, 0.29) is 24.0 Å². The highest BCUT2D eigenvalue weighted by atomic mass is 16.2. The Labute approximate surface area is 155 Å². The van der Waals surface area contributed by atoms with Gasteiger partial charge in [-0.15, -0.1) is 0 Å². The second-order valence-electron chi connectivity index (χ2n) is 6.66. The fourth-order valence-electron chi connectivity index (χ4n) is 3.41. The number of imidazole rings is 1.